The highest BCUT2D eigenvalue weighted by Crippen LogP contribution is 2.42. The fourth-order valence-electron chi connectivity index (χ4n) is 1.42. The van der Waals surface area contributed by atoms with Gasteiger partial charge in [-0.05, 0) is 31.8 Å². The van der Waals surface area contributed by atoms with Gasteiger partial charge in [-0.25, -0.2) is 0 Å². The SMILES string of the molecule is CP(C)C1CCCC1.[B]. The van der Waals surface area contributed by atoms with Gasteiger partial charge < -0.3 is 0 Å². The van der Waals surface area contributed by atoms with Crippen LogP contribution >= 0.6 is 7.92 Å². The molecule has 0 N–H and O–H groups in total. The van der Waals surface area contributed by atoms with E-state index in [1.54, 1.807) is 0 Å². The molecule has 0 spiro atoms. The molecule has 0 aliphatic heterocycles. The number of hydrogen-bond acceptors (Lipinski definition) is 0. The minimum Gasteiger partial charge on any atom is -0.110 e. The maximum absolute atomic E-state index is 2.41. The van der Waals surface area contributed by atoms with Crippen LogP contribution in [-0.4, -0.2) is 27.4 Å². The lowest BCUT2D eigenvalue weighted by Gasteiger charge is -2.12. The second-order valence-corrected chi connectivity index (χ2v) is 5.56. The third-order valence-corrected chi connectivity index (χ3v) is 4.03. The molecule has 1 saturated carbocycles. The molecule has 1 aliphatic carbocycles. The van der Waals surface area contributed by atoms with Crippen LogP contribution in [0.15, 0.2) is 0 Å². The molecule has 1 aliphatic rings. The van der Waals surface area contributed by atoms with Crippen molar-refractivity contribution in [3.63, 3.8) is 0 Å². The molecule has 1 fully saturated rings. The standard InChI is InChI=1S/C7H15P.B/c1-8(2)7-5-3-4-6-7;/h7H,3-6H2,1-2H3;. The third-order valence-electron chi connectivity index (χ3n) is 2.05. The summed E-state index contributed by atoms with van der Waals surface area (Å²) in [5.74, 6) is 0. The van der Waals surface area contributed by atoms with Gasteiger partial charge in [0, 0.05) is 8.41 Å². The minimum absolute atomic E-state index is 0. The highest BCUT2D eigenvalue weighted by atomic mass is 31.1. The van der Waals surface area contributed by atoms with Gasteiger partial charge in [0.05, 0.1) is 0 Å². The zero-order chi connectivity index (χ0) is 5.98. The van der Waals surface area contributed by atoms with E-state index in [1.165, 1.54) is 25.7 Å². The summed E-state index contributed by atoms with van der Waals surface area (Å²) < 4.78 is 0. The van der Waals surface area contributed by atoms with Gasteiger partial charge in [-0.15, -0.1) is 7.92 Å². The fourth-order valence-corrected chi connectivity index (χ4v) is 2.82. The van der Waals surface area contributed by atoms with Crippen LogP contribution < -0.4 is 0 Å². The molecule has 0 unspecified atom stereocenters. The highest BCUT2D eigenvalue weighted by Gasteiger charge is 2.16. The molecule has 0 nitrogen and oxygen atoms in total. The summed E-state index contributed by atoms with van der Waals surface area (Å²) in [7, 11) is 0.398. The van der Waals surface area contributed by atoms with E-state index in [2.05, 4.69) is 13.3 Å². The van der Waals surface area contributed by atoms with E-state index in [4.69, 9.17) is 0 Å². The van der Waals surface area contributed by atoms with Gasteiger partial charge in [0.15, 0.2) is 0 Å². The average Bonchev–Trinajstić information content (AvgIpc) is 2.12. The number of hydrogen-bond donors (Lipinski definition) is 0. The molecule has 0 aromatic heterocycles. The Morgan fingerprint density at radius 3 is 1.78 bits per heavy atom. The van der Waals surface area contributed by atoms with Gasteiger partial charge in [-0.2, -0.15) is 0 Å². The van der Waals surface area contributed by atoms with Crippen molar-refractivity contribution in [3.05, 3.63) is 0 Å². The Kier molecular flexibility index (Phi) is 4.57. The van der Waals surface area contributed by atoms with Gasteiger partial charge in [0.1, 0.15) is 0 Å². The maximum atomic E-state index is 2.41. The van der Waals surface area contributed by atoms with Crippen molar-refractivity contribution in [1.29, 1.82) is 0 Å². The molecule has 51 valence electrons. The molecule has 0 bridgehead atoms. The summed E-state index contributed by atoms with van der Waals surface area (Å²) in [4.78, 5) is 0. The van der Waals surface area contributed by atoms with Gasteiger partial charge in [0.2, 0.25) is 0 Å². The quantitative estimate of drug-likeness (QED) is 0.388. The van der Waals surface area contributed by atoms with Crippen molar-refractivity contribution in [2.24, 2.45) is 0 Å². The lowest BCUT2D eigenvalue weighted by atomic mass is 10.4. The zero-order valence-electron chi connectivity index (χ0n) is 6.43. The highest BCUT2D eigenvalue weighted by molar-refractivity contribution is 7.56. The first kappa shape index (κ1) is 9.49. The van der Waals surface area contributed by atoms with Crippen molar-refractivity contribution in [1.82, 2.24) is 0 Å². The normalized spacial score (nSPS) is 20.3. The summed E-state index contributed by atoms with van der Waals surface area (Å²) in [6.45, 7) is 4.82. The fraction of sp³-hybridized carbons (Fsp3) is 1.00. The largest absolute Gasteiger partial charge is 0.110 e. The first-order chi connectivity index (χ1) is 3.80. The van der Waals surface area contributed by atoms with E-state index in [9.17, 15) is 0 Å². The van der Waals surface area contributed by atoms with Crippen LogP contribution in [0.5, 0.6) is 0 Å². The number of rotatable bonds is 1. The molecule has 0 aromatic carbocycles. The molecule has 0 atom stereocenters. The zero-order valence-corrected chi connectivity index (χ0v) is 7.32. The molecule has 9 heavy (non-hydrogen) atoms. The first-order valence-electron chi connectivity index (χ1n) is 3.47. The van der Waals surface area contributed by atoms with E-state index in [0.717, 1.165) is 5.66 Å². The maximum Gasteiger partial charge on any atom is 0 e. The molecular formula is C7H15BP. The van der Waals surface area contributed by atoms with Crippen molar-refractivity contribution >= 4 is 16.3 Å². The van der Waals surface area contributed by atoms with Crippen LogP contribution in [0.2, 0.25) is 0 Å². The second kappa shape index (κ2) is 4.33. The van der Waals surface area contributed by atoms with E-state index >= 15 is 0 Å². The van der Waals surface area contributed by atoms with Crippen LogP contribution in [-0.2, 0) is 0 Å². The monoisotopic (exact) mass is 141 g/mol. The Labute approximate surface area is 61.7 Å². The average molecular weight is 141 g/mol. The van der Waals surface area contributed by atoms with Gasteiger partial charge in [0.25, 0.3) is 0 Å². The van der Waals surface area contributed by atoms with E-state index in [-0.39, 0.29) is 8.41 Å². The van der Waals surface area contributed by atoms with Crippen LogP contribution in [0.4, 0.5) is 0 Å². The molecule has 2 heteroatoms. The minimum atomic E-state index is 0. The summed E-state index contributed by atoms with van der Waals surface area (Å²) >= 11 is 0. The van der Waals surface area contributed by atoms with Gasteiger partial charge in [-0.3, -0.25) is 0 Å². The van der Waals surface area contributed by atoms with Crippen molar-refractivity contribution < 1.29 is 0 Å². The molecule has 3 radical (unpaired) electrons. The summed E-state index contributed by atoms with van der Waals surface area (Å²) in [6.07, 6.45) is 6.06. The Morgan fingerprint density at radius 2 is 1.56 bits per heavy atom. The van der Waals surface area contributed by atoms with Crippen LogP contribution in [0.25, 0.3) is 0 Å². The van der Waals surface area contributed by atoms with Crippen LogP contribution in [0.3, 0.4) is 0 Å². The Bertz CT molecular complexity index is 67.3. The summed E-state index contributed by atoms with van der Waals surface area (Å²) in [5.41, 5.74) is 1.13. The van der Waals surface area contributed by atoms with E-state index in [0.29, 0.717) is 7.92 Å². The van der Waals surface area contributed by atoms with E-state index in [1.807, 2.05) is 0 Å². The van der Waals surface area contributed by atoms with Crippen LogP contribution in [0.1, 0.15) is 25.7 Å². The molecule has 1 rings (SSSR count). The topological polar surface area (TPSA) is 0 Å². The Hall–Kier alpha value is 0.495. The predicted octanol–water partition coefficient (Wildman–Crippen LogP) is 2.29. The van der Waals surface area contributed by atoms with Crippen molar-refractivity contribution in [3.8, 4) is 0 Å². The van der Waals surface area contributed by atoms with E-state index < -0.39 is 0 Å². The Balaban J connectivity index is 0.000000640. The van der Waals surface area contributed by atoms with Gasteiger partial charge in [-0.1, -0.05) is 12.8 Å². The third kappa shape index (κ3) is 2.71. The van der Waals surface area contributed by atoms with Crippen molar-refractivity contribution in [2.45, 2.75) is 31.3 Å². The molecule has 0 aromatic rings. The predicted molar refractivity (Wildman–Crippen MR) is 46.8 cm³/mol. The van der Waals surface area contributed by atoms with Gasteiger partial charge >= 0.3 is 0 Å². The lowest BCUT2D eigenvalue weighted by Crippen LogP contribution is -1.94. The van der Waals surface area contributed by atoms with Crippen LogP contribution in [0, 0.1) is 0 Å². The molecule has 0 heterocycles. The smallest absolute Gasteiger partial charge is 0 e. The van der Waals surface area contributed by atoms with Crippen molar-refractivity contribution in [2.75, 3.05) is 13.3 Å². The summed E-state index contributed by atoms with van der Waals surface area (Å²) in [6, 6.07) is 0. The lowest BCUT2D eigenvalue weighted by molar-refractivity contribution is 0.886. The second-order valence-electron chi connectivity index (χ2n) is 2.90. The Morgan fingerprint density at radius 1 is 1.11 bits per heavy atom. The molecule has 0 saturated heterocycles. The molecule has 0 amide bonds. The summed E-state index contributed by atoms with van der Waals surface area (Å²) in [5, 5.41) is 0. The first-order valence-corrected chi connectivity index (χ1v) is 5.77. The molecular weight excluding hydrogens is 126 g/mol.